The number of hydrazine groups is 1. The Morgan fingerprint density at radius 2 is 2.10 bits per heavy atom. The van der Waals surface area contributed by atoms with Crippen molar-refractivity contribution in [3.8, 4) is 0 Å². The number of nitrogens with zero attached hydrogens (tertiary/aromatic N) is 2. The second-order valence-electron chi connectivity index (χ2n) is 5.18. The molecular weight excluding hydrogens is 256 g/mol. The summed E-state index contributed by atoms with van der Waals surface area (Å²) >= 11 is 0. The predicted molar refractivity (Wildman–Crippen MR) is 79.2 cm³/mol. The minimum absolute atomic E-state index is 0.312. The first-order chi connectivity index (χ1) is 9.47. The van der Waals surface area contributed by atoms with Crippen LogP contribution in [0.3, 0.4) is 0 Å². The number of hydrogen-bond donors (Lipinski definition) is 2. The summed E-state index contributed by atoms with van der Waals surface area (Å²) in [5.74, 6) is 6.24. The third kappa shape index (κ3) is 4.96. The molecule has 3 N–H and O–H groups in total. The van der Waals surface area contributed by atoms with Crippen molar-refractivity contribution in [3.05, 3.63) is 23.2 Å². The third-order valence-corrected chi connectivity index (χ3v) is 3.25. The van der Waals surface area contributed by atoms with Crippen molar-refractivity contribution in [2.45, 2.75) is 26.8 Å². The summed E-state index contributed by atoms with van der Waals surface area (Å²) < 4.78 is 5.63. The van der Waals surface area contributed by atoms with Crippen molar-refractivity contribution < 1.29 is 9.21 Å². The second-order valence-corrected chi connectivity index (χ2v) is 5.18. The molecule has 0 aliphatic rings. The van der Waals surface area contributed by atoms with Crippen LogP contribution in [0, 0.1) is 6.92 Å². The van der Waals surface area contributed by atoms with Gasteiger partial charge >= 0.3 is 0 Å². The molecule has 1 heterocycles. The number of carbonyl (C=O) groups is 1. The quantitative estimate of drug-likeness (QED) is 0.422. The van der Waals surface area contributed by atoms with E-state index in [4.69, 9.17) is 10.3 Å². The summed E-state index contributed by atoms with van der Waals surface area (Å²) in [5, 5.41) is 0. The lowest BCUT2D eigenvalue weighted by Gasteiger charge is -2.20. The van der Waals surface area contributed by atoms with Gasteiger partial charge in [-0.3, -0.25) is 15.1 Å². The van der Waals surface area contributed by atoms with Gasteiger partial charge in [-0.2, -0.15) is 0 Å². The third-order valence-electron chi connectivity index (χ3n) is 3.25. The van der Waals surface area contributed by atoms with Crippen LogP contribution in [0.4, 0.5) is 0 Å². The smallest absolute Gasteiger partial charge is 0.268 e. The van der Waals surface area contributed by atoms with Gasteiger partial charge in [-0.25, -0.2) is 5.84 Å². The van der Waals surface area contributed by atoms with Crippen LogP contribution in [-0.2, 0) is 6.54 Å². The highest BCUT2D eigenvalue weighted by Crippen LogP contribution is 2.16. The minimum atomic E-state index is -0.312. The van der Waals surface area contributed by atoms with Crippen LogP contribution >= 0.6 is 0 Å². The average Bonchev–Trinajstić information content (AvgIpc) is 2.77. The number of rotatable bonds is 8. The summed E-state index contributed by atoms with van der Waals surface area (Å²) in [6.07, 6.45) is 1.11. The number of aryl methyl sites for hydroxylation is 1. The number of nitrogen functional groups attached to an aromatic ring is 1. The van der Waals surface area contributed by atoms with E-state index >= 15 is 0 Å². The summed E-state index contributed by atoms with van der Waals surface area (Å²) in [5.41, 5.74) is 2.64. The van der Waals surface area contributed by atoms with Gasteiger partial charge in [-0.15, -0.1) is 0 Å². The molecule has 114 valence electrons. The predicted octanol–water partition coefficient (Wildman–Crippen LogP) is 0.965. The molecule has 6 heteroatoms. The Labute approximate surface area is 120 Å². The summed E-state index contributed by atoms with van der Waals surface area (Å²) in [6.45, 7) is 7.63. The summed E-state index contributed by atoms with van der Waals surface area (Å²) in [7, 11) is 4.15. The average molecular weight is 282 g/mol. The van der Waals surface area contributed by atoms with E-state index in [1.54, 1.807) is 13.0 Å². The Hall–Kier alpha value is -1.37. The van der Waals surface area contributed by atoms with Crippen LogP contribution in [0.25, 0.3) is 0 Å². The number of amides is 1. The molecule has 0 aliphatic carbocycles. The molecule has 1 rings (SSSR count). The van der Waals surface area contributed by atoms with E-state index in [0.29, 0.717) is 17.9 Å². The van der Waals surface area contributed by atoms with Gasteiger partial charge in [-0.1, -0.05) is 6.92 Å². The van der Waals surface area contributed by atoms with Crippen LogP contribution in [-0.4, -0.2) is 49.4 Å². The maximum Gasteiger partial charge on any atom is 0.268 e. The molecule has 20 heavy (non-hydrogen) atoms. The first-order valence-corrected chi connectivity index (χ1v) is 6.95. The Balaban J connectivity index is 2.59. The van der Waals surface area contributed by atoms with Crippen LogP contribution in [0.5, 0.6) is 0 Å². The molecule has 0 radical (unpaired) electrons. The Morgan fingerprint density at radius 3 is 2.65 bits per heavy atom. The van der Waals surface area contributed by atoms with Gasteiger partial charge in [-0.05, 0) is 53.1 Å². The first kappa shape index (κ1) is 16.7. The highest BCUT2D eigenvalue weighted by Gasteiger charge is 2.15. The van der Waals surface area contributed by atoms with E-state index in [2.05, 4.69) is 36.2 Å². The normalized spacial score (nSPS) is 11.3. The minimum Gasteiger partial charge on any atom is -0.464 e. The highest BCUT2D eigenvalue weighted by atomic mass is 16.3. The molecule has 0 fully saturated rings. The fraction of sp³-hybridized carbons (Fsp3) is 0.643. The molecular formula is C14H26N4O2. The Kier molecular flexibility index (Phi) is 6.70. The van der Waals surface area contributed by atoms with Gasteiger partial charge in [0.1, 0.15) is 11.5 Å². The van der Waals surface area contributed by atoms with Crippen molar-refractivity contribution in [1.82, 2.24) is 15.2 Å². The van der Waals surface area contributed by atoms with Gasteiger partial charge in [0, 0.05) is 0 Å². The van der Waals surface area contributed by atoms with Crippen LogP contribution in [0.1, 0.15) is 35.2 Å². The number of nitrogens with one attached hydrogen (secondary N) is 1. The first-order valence-electron chi connectivity index (χ1n) is 6.95. The van der Waals surface area contributed by atoms with E-state index in [1.807, 2.05) is 0 Å². The molecule has 1 aromatic heterocycles. The molecule has 0 atom stereocenters. The number of hydrogen-bond acceptors (Lipinski definition) is 5. The molecule has 0 aliphatic heterocycles. The lowest BCUT2D eigenvalue weighted by atomic mass is 10.2. The topological polar surface area (TPSA) is 74.7 Å². The SMILES string of the molecule is CCN(CCCN(C)C)Cc1cc(C(=O)NN)c(C)o1. The Bertz CT molecular complexity index is 429. The molecule has 1 aromatic rings. The van der Waals surface area contributed by atoms with E-state index in [1.165, 1.54) is 0 Å². The van der Waals surface area contributed by atoms with Crippen molar-refractivity contribution in [3.63, 3.8) is 0 Å². The van der Waals surface area contributed by atoms with Gasteiger partial charge < -0.3 is 9.32 Å². The van der Waals surface area contributed by atoms with Gasteiger partial charge in [0.25, 0.3) is 5.91 Å². The van der Waals surface area contributed by atoms with E-state index < -0.39 is 0 Å². The monoisotopic (exact) mass is 282 g/mol. The fourth-order valence-corrected chi connectivity index (χ4v) is 2.10. The van der Waals surface area contributed by atoms with Crippen LogP contribution in [0.2, 0.25) is 0 Å². The molecule has 0 saturated carbocycles. The maximum absolute atomic E-state index is 11.5. The molecule has 0 saturated heterocycles. The molecule has 0 spiro atoms. The molecule has 0 bridgehead atoms. The number of carbonyl (C=O) groups excluding carboxylic acids is 1. The zero-order chi connectivity index (χ0) is 15.1. The van der Waals surface area contributed by atoms with Crippen molar-refractivity contribution in [1.29, 1.82) is 0 Å². The zero-order valence-corrected chi connectivity index (χ0v) is 12.9. The van der Waals surface area contributed by atoms with Crippen molar-refractivity contribution in [2.75, 3.05) is 33.7 Å². The van der Waals surface area contributed by atoms with E-state index in [9.17, 15) is 4.79 Å². The van der Waals surface area contributed by atoms with Crippen molar-refractivity contribution >= 4 is 5.91 Å². The van der Waals surface area contributed by atoms with Gasteiger partial charge in [0.05, 0.1) is 12.1 Å². The van der Waals surface area contributed by atoms with E-state index in [-0.39, 0.29) is 5.91 Å². The fourth-order valence-electron chi connectivity index (χ4n) is 2.10. The molecule has 0 aromatic carbocycles. The van der Waals surface area contributed by atoms with Gasteiger partial charge in [0.2, 0.25) is 0 Å². The molecule has 0 unspecified atom stereocenters. The number of nitrogens with two attached hydrogens (primary N) is 1. The number of furan rings is 1. The second kappa shape index (κ2) is 8.04. The summed E-state index contributed by atoms with van der Waals surface area (Å²) in [4.78, 5) is 16.0. The lowest BCUT2D eigenvalue weighted by Crippen LogP contribution is -2.30. The van der Waals surface area contributed by atoms with Gasteiger partial charge in [0.15, 0.2) is 0 Å². The van der Waals surface area contributed by atoms with E-state index in [0.717, 1.165) is 31.8 Å². The molecule has 1 amide bonds. The highest BCUT2D eigenvalue weighted by molar-refractivity contribution is 5.94. The molecule has 6 nitrogen and oxygen atoms in total. The summed E-state index contributed by atoms with van der Waals surface area (Å²) in [6, 6.07) is 1.77. The lowest BCUT2D eigenvalue weighted by molar-refractivity contribution is 0.0952. The zero-order valence-electron chi connectivity index (χ0n) is 12.9. The van der Waals surface area contributed by atoms with Crippen molar-refractivity contribution in [2.24, 2.45) is 5.84 Å². The largest absolute Gasteiger partial charge is 0.464 e. The standard InChI is InChI=1S/C14H26N4O2/c1-5-18(8-6-7-17(3)4)10-12-9-13(11(2)20-12)14(19)16-15/h9H,5-8,10,15H2,1-4H3,(H,16,19). The van der Waals surface area contributed by atoms with Crippen LogP contribution < -0.4 is 11.3 Å². The maximum atomic E-state index is 11.5. The Morgan fingerprint density at radius 1 is 1.40 bits per heavy atom. The van der Waals surface area contributed by atoms with Crippen LogP contribution in [0.15, 0.2) is 10.5 Å².